The van der Waals surface area contributed by atoms with Gasteiger partial charge in [-0.05, 0) is 23.1 Å². The minimum atomic E-state index is -1.04. The third-order valence-corrected chi connectivity index (χ3v) is 3.90. The van der Waals surface area contributed by atoms with E-state index in [4.69, 9.17) is 5.11 Å². The molecule has 0 bridgehead atoms. The molecule has 0 saturated heterocycles. The van der Waals surface area contributed by atoms with E-state index in [9.17, 15) is 9.59 Å². The molecule has 0 spiro atoms. The Hall–Kier alpha value is -1.99. The van der Waals surface area contributed by atoms with E-state index >= 15 is 0 Å². The van der Waals surface area contributed by atoms with Gasteiger partial charge in [0.2, 0.25) is 0 Å². The summed E-state index contributed by atoms with van der Waals surface area (Å²) in [6.07, 6.45) is 4.11. The summed E-state index contributed by atoms with van der Waals surface area (Å²) in [4.78, 5) is 27.0. The lowest BCUT2D eigenvalue weighted by atomic mass is 10.2. The maximum atomic E-state index is 12.0. The minimum Gasteiger partial charge on any atom is -0.478 e. The summed E-state index contributed by atoms with van der Waals surface area (Å²) in [5.41, 5.74) is 0.601. The van der Waals surface area contributed by atoms with Gasteiger partial charge in [0.05, 0.1) is 11.4 Å². The Labute approximate surface area is 117 Å². The summed E-state index contributed by atoms with van der Waals surface area (Å²) >= 11 is 2.74. The molecule has 0 fully saturated rings. The van der Waals surface area contributed by atoms with Crippen molar-refractivity contribution in [2.45, 2.75) is 6.54 Å². The van der Waals surface area contributed by atoms with Crippen LogP contribution >= 0.6 is 22.7 Å². The first-order valence-corrected chi connectivity index (χ1v) is 7.08. The second kappa shape index (κ2) is 6.26. The highest BCUT2D eigenvalue weighted by molar-refractivity contribution is 7.12. The fourth-order valence-corrected chi connectivity index (χ4v) is 2.73. The van der Waals surface area contributed by atoms with E-state index in [1.54, 1.807) is 17.6 Å². The second-order valence-electron chi connectivity index (χ2n) is 3.49. The van der Waals surface area contributed by atoms with Crippen LogP contribution in [0.5, 0.6) is 0 Å². The number of carboxylic acids is 1. The molecule has 2 rings (SSSR count). The van der Waals surface area contributed by atoms with Gasteiger partial charge in [0, 0.05) is 17.7 Å². The van der Waals surface area contributed by atoms with Crippen molar-refractivity contribution < 1.29 is 14.7 Å². The summed E-state index contributed by atoms with van der Waals surface area (Å²) < 4.78 is 0. The van der Waals surface area contributed by atoms with E-state index in [0.29, 0.717) is 17.0 Å². The zero-order valence-electron chi connectivity index (χ0n) is 9.70. The highest BCUT2D eigenvalue weighted by atomic mass is 32.1. The van der Waals surface area contributed by atoms with Crippen LogP contribution in [0.1, 0.15) is 20.2 Å². The number of rotatable bonds is 5. The van der Waals surface area contributed by atoms with Crippen molar-refractivity contribution in [1.29, 1.82) is 0 Å². The number of carbonyl (C=O) groups excluding carboxylic acids is 1. The number of aliphatic carboxylic acids is 1. The Bertz CT molecular complexity index is 602. The fourth-order valence-electron chi connectivity index (χ4n) is 1.37. The van der Waals surface area contributed by atoms with Gasteiger partial charge >= 0.3 is 5.97 Å². The van der Waals surface area contributed by atoms with Crippen LogP contribution in [-0.4, -0.2) is 22.0 Å². The summed E-state index contributed by atoms with van der Waals surface area (Å²) in [5.74, 6) is -1.27. The van der Waals surface area contributed by atoms with Crippen LogP contribution in [0.15, 0.2) is 29.1 Å². The number of thiophene rings is 1. The SMILES string of the molecule is O=C(O)/C=C/c1ccsc1C(=O)NCc1nccs1. The third kappa shape index (κ3) is 3.73. The second-order valence-corrected chi connectivity index (χ2v) is 5.38. The Kier molecular flexibility index (Phi) is 4.43. The minimum absolute atomic E-state index is 0.227. The first-order chi connectivity index (χ1) is 9.16. The molecule has 0 aromatic carbocycles. The highest BCUT2D eigenvalue weighted by Gasteiger charge is 2.11. The van der Waals surface area contributed by atoms with Crippen LogP contribution in [-0.2, 0) is 11.3 Å². The number of thiazole rings is 1. The van der Waals surface area contributed by atoms with E-state index in [1.807, 2.05) is 5.38 Å². The predicted octanol–water partition coefficient (Wildman–Crippen LogP) is 2.23. The molecule has 0 saturated carbocycles. The zero-order chi connectivity index (χ0) is 13.7. The zero-order valence-corrected chi connectivity index (χ0v) is 11.3. The molecule has 5 nitrogen and oxygen atoms in total. The first-order valence-electron chi connectivity index (χ1n) is 5.32. The van der Waals surface area contributed by atoms with Crippen molar-refractivity contribution in [1.82, 2.24) is 10.3 Å². The summed E-state index contributed by atoms with van der Waals surface area (Å²) in [6.45, 7) is 0.372. The molecule has 2 heterocycles. The number of nitrogens with one attached hydrogen (secondary N) is 1. The van der Waals surface area contributed by atoms with Gasteiger partial charge in [-0.25, -0.2) is 9.78 Å². The van der Waals surface area contributed by atoms with Gasteiger partial charge in [0.15, 0.2) is 0 Å². The van der Waals surface area contributed by atoms with Crippen molar-refractivity contribution in [2.24, 2.45) is 0 Å². The fraction of sp³-hybridized carbons (Fsp3) is 0.0833. The molecule has 0 unspecified atom stereocenters. The molecule has 2 aromatic rings. The molecule has 19 heavy (non-hydrogen) atoms. The van der Waals surface area contributed by atoms with Gasteiger partial charge in [-0.2, -0.15) is 0 Å². The third-order valence-electron chi connectivity index (χ3n) is 2.19. The molecule has 0 aliphatic carbocycles. The molecule has 0 atom stereocenters. The van der Waals surface area contributed by atoms with Gasteiger partial charge in [0.1, 0.15) is 5.01 Å². The van der Waals surface area contributed by atoms with E-state index in [-0.39, 0.29) is 5.91 Å². The largest absolute Gasteiger partial charge is 0.478 e. The van der Waals surface area contributed by atoms with Crippen LogP contribution in [0, 0.1) is 0 Å². The Morgan fingerprint density at radius 3 is 2.89 bits per heavy atom. The van der Waals surface area contributed by atoms with Crippen LogP contribution in [0.4, 0.5) is 0 Å². The summed E-state index contributed by atoms with van der Waals surface area (Å²) in [7, 11) is 0. The van der Waals surface area contributed by atoms with Crippen LogP contribution in [0.2, 0.25) is 0 Å². The molecule has 98 valence electrons. The summed E-state index contributed by atoms with van der Waals surface area (Å²) in [5, 5.41) is 15.8. The average molecular weight is 294 g/mol. The monoisotopic (exact) mass is 294 g/mol. The molecule has 2 N–H and O–H groups in total. The quantitative estimate of drug-likeness (QED) is 0.829. The normalized spacial score (nSPS) is 10.7. The molecule has 0 aliphatic rings. The number of nitrogens with zero attached hydrogens (tertiary/aromatic N) is 1. The molecule has 1 amide bonds. The number of carboxylic acid groups (broad SMARTS) is 1. The number of aromatic nitrogens is 1. The molecular formula is C12H10N2O3S2. The lowest BCUT2D eigenvalue weighted by Crippen LogP contribution is -2.22. The Balaban J connectivity index is 2.03. The maximum Gasteiger partial charge on any atom is 0.328 e. The predicted molar refractivity (Wildman–Crippen MR) is 74.3 cm³/mol. The lowest BCUT2D eigenvalue weighted by molar-refractivity contribution is -0.131. The molecule has 0 aliphatic heterocycles. The van der Waals surface area contributed by atoms with Crippen LogP contribution in [0.3, 0.4) is 0 Å². The van der Waals surface area contributed by atoms with E-state index in [2.05, 4.69) is 10.3 Å². The Morgan fingerprint density at radius 1 is 1.37 bits per heavy atom. The smallest absolute Gasteiger partial charge is 0.328 e. The maximum absolute atomic E-state index is 12.0. The topological polar surface area (TPSA) is 79.3 Å². The van der Waals surface area contributed by atoms with Crippen molar-refractivity contribution in [3.63, 3.8) is 0 Å². The molecule has 7 heteroatoms. The van der Waals surface area contributed by atoms with Crippen molar-refractivity contribution >= 4 is 40.6 Å². The number of carbonyl (C=O) groups is 2. The van der Waals surface area contributed by atoms with Gasteiger partial charge in [0.25, 0.3) is 5.91 Å². The van der Waals surface area contributed by atoms with Crippen molar-refractivity contribution in [2.75, 3.05) is 0 Å². The van der Waals surface area contributed by atoms with Crippen LogP contribution in [0.25, 0.3) is 6.08 Å². The van der Waals surface area contributed by atoms with Gasteiger partial charge in [-0.15, -0.1) is 22.7 Å². The van der Waals surface area contributed by atoms with E-state index in [1.165, 1.54) is 28.7 Å². The van der Waals surface area contributed by atoms with Gasteiger partial charge in [-0.3, -0.25) is 4.79 Å². The first kappa shape index (κ1) is 13.4. The van der Waals surface area contributed by atoms with E-state index < -0.39 is 5.97 Å². The molecular weight excluding hydrogens is 284 g/mol. The number of hydrogen-bond donors (Lipinski definition) is 2. The molecule has 0 radical (unpaired) electrons. The molecule has 2 aromatic heterocycles. The standard InChI is InChI=1S/C12H10N2O3S2/c15-10(16)2-1-8-3-5-19-11(8)12(17)14-7-9-13-4-6-18-9/h1-6H,7H2,(H,14,17)(H,15,16)/b2-1+. The summed E-state index contributed by atoms with van der Waals surface area (Å²) in [6, 6.07) is 1.71. The number of hydrogen-bond acceptors (Lipinski definition) is 5. The van der Waals surface area contributed by atoms with E-state index in [0.717, 1.165) is 11.1 Å². The van der Waals surface area contributed by atoms with Crippen molar-refractivity contribution in [3.05, 3.63) is 44.5 Å². The highest BCUT2D eigenvalue weighted by Crippen LogP contribution is 2.18. The van der Waals surface area contributed by atoms with Gasteiger partial charge < -0.3 is 10.4 Å². The Morgan fingerprint density at radius 2 is 2.21 bits per heavy atom. The van der Waals surface area contributed by atoms with Crippen molar-refractivity contribution in [3.8, 4) is 0 Å². The van der Waals surface area contributed by atoms with Gasteiger partial charge in [-0.1, -0.05) is 0 Å². The average Bonchev–Trinajstić information content (AvgIpc) is 3.04. The number of amides is 1. The lowest BCUT2D eigenvalue weighted by Gasteiger charge is -2.02. The van der Waals surface area contributed by atoms with Crippen LogP contribution < -0.4 is 5.32 Å².